The summed E-state index contributed by atoms with van der Waals surface area (Å²) in [5.74, 6) is -0.0440. The van der Waals surface area contributed by atoms with Crippen LogP contribution in [-0.4, -0.2) is 27.3 Å². The number of nitrogens with two attached hydrogens (primary N) is 1. The highest BCUT2D eigenvalue weighted by Crippen LogP contribution is 2.09. The smallest absolute Gasteiger partial charge is 0.254 e. The molecule has 0 spiro atoms. The Bertz CT molecular complexity index is 601. The van der Waals surface area contributed by atoms with Gasteiger partial charge in [-0.1, -0.05) is 36.5 Å². The second kappa shape index (κ2) is 7.50. The average molecular weight is 299 g/mol. The number of thiocarbonyl (C=S) groups is 1. The van der Waals surface area contributed by atoms with Crippen molar-refractivity contribution < 1.29 is 4.79 Å². The quantitative estimate of drug-likeness (QED) is 0.832. The topological polar surface area (TPSA) is 59.2 Å². The largest absolute Gasteiger partial charge is 0.393 e. The fraction of sp³-hybridized carbons (Fsp3) is 0.188. The van der Waals surface area contributed by atoms with E-state index in [0.717, 1.165) is 5.69 Å². The van der Waals surface area contributed by atoms with E-state index in [4.69, 9.17) is 18.0 Å². The number of hydrogen-bond donors (Lipinski definition) is 1. The number of pyridine rings is 1. The summed E-state index contributed by atoms with van der Waals surface area (Å²) in [7, 11) is 0. The lowest BCUT2D eigenvalue weighted by molar-refractivity contribution is 0.0746. The van der Waals surface area contributed by atoms with Gasteiger partial charge in [0.25, 0.3) is 5.91 Å². The van der Waals surface area contributed by atoms with Crippen molar-refractivity contribution in [3.05, 3.63) is 66.0 Å². The summed E-state index contributed by atoms with van der Waals surface area (Å²) in [6.45, 7) is 0.927. The molecule has 1 heterocycles. The van der Waals surface area contributed by atoms with Gasteiger partial charge in [-0.3, -0.25) is 9.78 Å². The van der Waals surface area contributed by atoms with Gasteiger partial charge in [-0.05, 0) is 24.3 Å². The zero-order chi connectivity index (χ0) is 15.1. The van der Waals surface area contributed by atoms with Crippen LogP contribution in [0.1, 0.15) is 22.5 Å². The average Bonchev–Trinajstić information content (AvgIpc) is 2.52. The number of rotatable bonds is 6. The van der Waals surface area contributed by atoms with Crippen LogP contribution in [0.2, 0.25) is 0 Å². The van der Waals surface area contributed by atoms with Crippen molar-refractivity contribution in [2.24, 2.45) is 5.73 Å². The van der Waals surface area contributed by atoms with Crippen LogP contribution in [0.5, 0.6) is 0 Å². The summed E-state index contributed by atoms with van der Waals surface area (Å²) in [5, 5.41) is 0. The van der Waals surface area contributed by atoms with Crippen LogP contribution in [-0.2, 0) is 6.54 Å². The monoisotopic (exact) mass is 299 g/mol. The molecule has 2 N–H and O–H groups in total. The Balaban J connectivity index is 2.15. The van der Waals surface area contributed by atoms with Gasteiger partial charge in [-0.2, -0.15) is 0 Å². The van der Waals surface area contributed by atoms with Gasteiger partial charge in [-0.25, -0.2) is 0 Å². The number of nitrogens with zero attached hydrogens (tertiary/aromatic N) is 2. The summed E-state index contributed by atoms with van der Waals surface area (Å²) >= 11 is 4.91. The molecule has 0 radical (unpaired) electrons. The van der Waals surface area contributed by atoms with Crippen molar-refractivity contribution in [1.82, 2.24) is 9.88 Å². The Morgan fingerprint density at radius 1 is 1.14 bits per heavy atom. The summed E-state index contributed by atoms with van der Waals surface area (Å²) in [6, 6.07) is 14.8. The summed E-state index contributed by atoms with van der Waals surface area (Å²) in [6.07, 6.45) is 2.22. The predicted molar refractivity (Wildman–Crippen MR) is 86.8 cm³/mol. The number of aromatic nitrogens is 1. The first-order chi connectivity index (χ1) is 10.2. The van der Waals surface area contributed by atoms with Gasteiger partial charge in [-0.15, -0.1) is 0 Å². The summed E-state index contributed by atoms with van der Waals surface area (Å²) < 4.78 is 0. The molecule has 1 amide bonds. The molecule has 0 aliphatic heterocycles. The first-order valence-corrected chi connectivity index (χ1v) is 7.10. The lowest BCUT2D eigenvalue weighted by atomic mass is 10.2. The van der Waals surface area contributed by atoms with Gasteiger partial charge in [0.1, 0.15) is 0 Å². The first kappa shape index (κ1) is 15.1. The molecule has 0 unspecified atom stereocenters. The summed E-state index contributed by atoms with van der Waals surface area (Å²) in [5.41, 5.74) is 7.04. The number of hydrogen-bond acceptors (Lipinski definition) is 3. The van der Waals surface area contributed by atoms with Gasteiger partial charge < -0.3 is 10.6 Å². The van der Waals surface area contributed by atoms with Crippen LogP contribution < -0.4 is 5.73 Å². The van der Waals surface area contributed by atoms with Crippen LogP contribution in [0, 0.1) is 0 Å². The van der Waals surface area contributed by atoms with Crippen molar-refractivity contribution in [3.8, 4) is 0 Å². The lowest BCUT2D eigenvalue weighted by Gasteiger charge is -2.22. The van der Waals surface area contributed by atoms with Crippen LogP contribution >= 0.6 is 12.2 Å². The maximum atomic E-state index is 12.6. The standard InChI is InChI=1S/C16H17N3OS/c17-15(21)9-11-19(12-14-8-4-5-10-18-14)16(20)13-6-2-1-3-7-13/h1-8,10H,9,11-12H2,(H2,17,21). The van der Waals surface area contributed by atoms with Gasteiger partial charge in [0.2, 0.25) is 0 Å². The summed E-state index contributed by atoms with van der Waals surface area (Å²) in [4.78, 5) is 19.0. The van der Waals surface area contributed by atoms with E-state index in [1.165, 1.54) is 0 Å². The molecule has 0 bridgehead atoms. The molecule has 1 aromatic carbocycles. The SMILES string of the molecule is NC(=S)CCN(Cc1ccccn1)C(=O)c1ccccc1. The Hall–Kier alpha value is -2.27. The van der Waals surface area contributed by atoms with Gasteiger partial charge >= 0.3 is 0 Å². The van der Waals surface area contributed by atoms with E-state index in [1.54, 1.807) is 23.2 Å². The molecule has 108 valence electrons. The second-order valence-corrected chi connectivity index (χ2v) is 5.15. The third-order valence-corrected chi connectivity index (χ3v) is 3.22. The Morgan fingerprint density at radius 2 is 1.86 bits per heavy atom. The van der Waals surface area contributed by atoms with Gasteiger partial charge in [0, 0.05) is 24.7 Å². The maximum absolute atomic E-state index is 12.6. The minimum atomic E-state index is -0.0440. The van der Waals surface area contributed by atoms with E-state index in [2.05, 4.69) is 4.98 Å². The van der Waals surface area contributed by atoms with E-state index in [9.17, 15) is 4.79 Å². The van der Waals surface area contributed by atoms with Crippen molar-refractivity contribution in [3.63, 3.8) is 0 Å². The molecule has 0 aliphatic carbocycles. The first-order valence-electron chi connectivity index (χ1n) is 6.69. The van der Waals surface area contributed by atoms with Crippen molar-refractivity contribution in [2.45, 2.75) is 13.0 Å². The fourth-order valence-corrected chi connectivity index (χ4v) is 2.04. The molecule has 5 heteroatoms. The molecule has 0 saturated heterocycles. The maximum Gasteiger partial charge on any atom is 0.254 e. The second-order valence-electron chi connectivity index (χ2n) is 4.63. The minimum absolute atomic E-state index is 0.0440. The number of carbonyl (C=O) groups excluding carboxylic acids is 1. The number of amides is 1. The Kier molecular flexibility index (Phi) is 5.40. The van der Waals surface area contributed by atoms with E-state index < -0.39 is 0 Å². The molecule has 0 saturated carbocycles. The fourth-order valence-electron chi connectivity index (χ4n) is 1.95. The van der Waals surface area contributed by atoms with E-state index in [-0.39, 0.29) is 5.91 Å². The van der Waals surface area contributed by atoms with Crippen LogP contribution in [0.15, 0.2) is 54.7 Å². The number of benzene rings is 1. The number of carbonyl (C=O) groups is 1. The highest BCUT2D eigenvalue weighted by atomic mass is 32.1. The molecule has 0 aliphatic rings. The Morgan fingerprint density at radius 3 is 2.48 bits per heavy atom. The molecular formula is C16H17N3OS. The van der Waals surface area contributed by atoms with Crippen LogP contribution in [0.4, 0.5) is 0 Å². The molecular weight excluding hydrogens is 282 g/mol. The Labute approximate surface area is 129 Å². The molecule has 21 heavy (non-hydrogen) atoms. The van der Waals surface area contributed by atoms with Crippen molar-refractivity contribution in [2.75, 3.05) is 6.54 Å². The zero-order valence-corrected chi connectivity index (χ0v) is 12.4. The molecule has 2 rings (SSSR count). The van der Waals surface area contributed by atoms with E-state index >= 15 is 0 Å². The molecule has 4 nitrogen and oxygen atoms in total. The molecule has 2 aromatic rings. The van der Waals surface area contributed by atoms with E-state index in [1.807, 2.05) is 36.4 Å². The molecule has 0 fully saturated rings. The van der Waals surface area contributed by atoms with Crippen molar-refractivity contribution >= 4 is 23.1 Å². The molecule has 1 aromatic heterocycles. The third-order valence-electron chi connectivity index (χ3n) is 3.02. The zero-order valence-electron chi connectivity index (χ0n) is 11.6. The lowest BCUT2D eigenvalue weighted by Crippen LogP contribution is -2.33. The minimum Gasteiger partial charge on any atom is -0.393 e. The van der Waals surface area contributed by atoms with Gasteiger partial charge in [0.15, 0.2) is 0 Å². The normalized spacial score (nSPS) is 10.1. The van der Waals surface area contributed by atoms with E-state index in [0.29, 0.717) is 30.1 Å². The molecule has 0 atom stereocenters. The highest BCUT2D eigenvalue weighted by Gasteiger charge is 2.16. The highest BCUT2D eigenvalue weighted by molar-refractivity contribution is 7.80. The van der Waals surface area contributed by atoms with Crippen LogP contribution in [0.25, 0.3) is 0 Å². The van der Waals surface area contributed by atoms with Gasteiger partial charge in [0.05, 0.1) is 17.2 Å². The predicted octanol–water partition coefficient (Wildman–Crippen LogP) is 2.40. The van der Waals surface area contributed by atoms with Crippen LogP contribution in [0.3, 0.4) is 0 Å². The van der Waals surface area contributed by atoms with Crippen molar-refractivity contribution in [1.29, 1.82) is 0 Å². The third kappa shape index (κ3) is 4.65.